The molecule has 22 heavy (non-hydrogen) atoms. The Morgan fingerprint density at radius 1 is 1.14 bits per heavy atom. The quantitative estimate of drug-likeness (QED) is 0.657. The van der Waals surface area contributed by atoms with E-state index in [-0.39, 0.29) is 31.4 Å². The van der Waals surface area contributed by atoms with Gasteiger partial charge in [-0.15, -0.1) is 12.4 Å². The number of rotatable bonds is 8. The summed E-state index contributed by atoms with van der Waals surface area (Å²) in [7, 11) is 0. The summed E-state index contributed by atoms with van der Waals surface area (Å²) < 4.78 is 10.8. The maximum atomic E-state index is 11.8. The first kappa shape index (κ1) is 20.0. The Bertz CT molecular complexity index is 497. The van der Waals surface area contributed by atoms with Crippen LogP contribution in [0, 0.1) is 0 Å². The Hall–Kier alpha value is -1.99. The van der Waals surface area contributed by atoms with Crippen LogP contribution in [-0.4, -0.2) is 38.1 Å². The van der Waals surface area contributed by atoms with Crippen LogP contribution in [0.15, 0.2) is 18.2 Å². The minimum Gasteiger partial charge on any atom is -0.494 e. The fourth-order valence-corrected chi connectivity index (χ4v) is 1.59. The Morgan fingerprint density at radius 3 is 2.41 bits per heavy atom. The number of carbonyl (C=O) groups is 2. The Morgan fingerprint density at radius 2 is 1.82 bits per heavy atom. The van der Waals surface area contributed by atoms with Crippen LogP contribution in [0.1, 0.15) is 13.8 Å². The number of nitrogens with one attached hydrogen (secondary N) is 2. The van der Waals surface area contributed by atoms with Crippen molar-refractivity contribution in [1.82, 2.24) is 5.32 Å². The van der Waals surface area contributed by atoms with Crippen molar-refractivity contribution in [2.75, 3.05) is 31.6 Å². The number of anilines is 1. The first-order chi connectivity index (χ1) is 10.1. The van der Waals surface area contributed by atoms with Crippen molar-refractivity contribution in [2.45, 2.75) is 13.8 Å². The first-order valence-electron chi connectivity index (χ1n) is 6.77. The van der Waals surface area contributed by atoms with Gasteiger partial charge in [0.15, 0.2) is 0 Å². The highest BCUT2D eigenvalue weighted by atomic mass is 35.5. The summed E-state index contributed by atoms with van der Waals surface area (Å²) in [6.07, 6.45) is 0. The second-order valence-corrected chi connectivity index (χ2v) is 4.05. The molecule has 1 rings (SSSR count). The third kappa shape index (κ3) is 6.64. The van der Waals surface area contributed by atoms with E-state index in [0.717, 1.165) is 0 Å². The van der Waals surface area contributed by atoms with Gasteiger partial charge in [0, 0.05) is 6.07 Å². The van der Waals surface area contributed by atoms with Crippen molar-refractivity contribution < 1.29 is 19.1 Å². The van der Waals surface area contributed by atoms with E-state index in [1.165, 1.54) is 0 Å². The first-order valence-corrected chi connectivity index (χ1v) is 6.77. The molecular formula is C14H22ClN3O4. The van der Waals surface area contributed by atoms with Crippen molar-refractivity contribution in [3.8, 4) is 11.5 Å². The van der Waals surface area contributed by atoms with Crippen LogP contribution in [-0.2, 0) is 9.59 Å². The minimum atomic E-state index is -0.391. The zero-order valence-corrected chi connectivity index (χ0v) is 13.5. The zero-order chi connectivity index (χ0) is 15.7. The molecule has 0 saturated heterocycles. The molecule has 0 aliphatic heterocycles. The number of halogens is 1. The van der Waals surface area contributed by atoms with Gasteiger partial charge >= 0.3 is 0 Å². The number of benzene rings is 1. The van der Waals surface area contributed by atoms with Crippen molar-refractivity contribution in [1.29, 1.82) is 0 Å². The van der Waals surface area contributed by atoms with Gasteiger partial charge < -0.3 is 25.8 Å². The Balaban J connectivity index is 0.00000441. The van der Waals surface area contributed by atoms with Crippen molar-refractivity contribution in [3.05, 3.63) is 18.2 Å². The van der Waals surface area contributed by atoms with E-state index in [0.29, 0.717) is 30.4 Å². The molecule has 0 unspecified atom stereocenters. The van der Waals surface area contributed by atoms with Gasteiger partial charge in [-0.25, -0.2) is 0 Å². The van der Waals surface area contributed by atoms with Crippen LogP contribution in [0.2, 0.25) is 0 Å². The normalized spacial score (nSPS) is 9.41. The molecule has 0 aliphatic rings. The molecule has 7 nitrogen and oxygen atoms in total. The molecule has 0 fully saturated rings. The molecule has 0 heterocycles. The lowest BCUT2D eigenvalue weighted by Crippen LogP contribution is -2.36. The van der Waals surface area contributed by atoms with Gasteiger partial charge in [0.05, 0.1) is 32.0 Å². The van der Waals surface area contributed by atoms with Gasteiger partial charge in [0.25, 0.3) is 0 Å². The molecule has 2 amide bonds. The van der Waals surface area contributed by atoms with Crippen molar-refractivity contribution in [2.24, 2.45) is 5.73 Å². The monoisotopic (exact) mass is 331 g/mol. The van der Waals surface area contributed by atoms with Gasteiger partial charge in [-0.2, -0.15) is 0 Å². The van der Waals surface area contributed by atoms with Crippen molar-refractivity contribution >= 4 is 29.9 Å². The Kier molecular flexibility index (Phi) is 9.73. The predicted molar refractivity (Wildman–Crippen MR) is 86.7 cm³/mol. The lowest BCUT2D eigenvalue weighted by Gasteiger charge is -2.13. The molecule has 0 radical (unpaired) electrons. The fraction of sp³-hybridized carbons (Fsp3) is 0.429. The van der Waals surface area contributed by atoms with E-state index >= 15 is 0 Å². The van der Waals surface area contributed by atoms with E-state index in [1.54, 1.807) is 18.2 Å². The maximum Gasteiger partial charge on any atom is 0.243 e. The maximum absolute atomic E-state index is 11.8. The highest BCUT2D eigenvalue weighted by Gasteiger charge is 2.10. The zero-order valence-electron chi connectivity index (χ0n) is 12.7. The number of nitrogens with two attached hydrogens (primary N) is 1. The number of hydrogen-bond acceptors (Lipinski definition) is 5. The Labute approximate surface area is 135 Å². The average Bonchev–Trinajstić information content (AvgIpc) is 2.48. The SMILES string of the molecule is CCOc1ccc(OCC)c(NC(=O)CNC(=O)CN)c1.Cl. The van der Waals surface area contributed by atoms with E-state index in [1.807, 2.05) is 13.8 Å². The van der Waals surface area contributed by atoms with Crippen LogP contribution in [0.4, 0.5) is 5.69 Å². The average molecular weight is 332 g/mol. The molecule has 0 bridgehead atoms. The number of amides is 2. The molecule has 4 N–H and O–H groups in total. The molecule has 8 heteroatoms. The van der Waals surface area contributed by atoms with Crippen LogP contribution in [0.3, 0.4) is 0 Å². The molecule has 1 aromatic carbocycles. The summed E-state index contributed by atoms with van der Waals surface area (Å²) in [5.74, 6) is 0.409. The lowest BCUT2D eigenvalue weighted by molar-refractivity contribution is -0.123. The van der Waals surface area contributed by atoms with Gasteiger partial charge in [-0.05, 0) is 26.0 Å². The van der Waals surface area contributed by atoms with Crippen LogP contribution in [0.5, 0.6) is 11.5 Å². The smallest absolute Gasteiger partial charge is 0.243 e. The molecular weight excluding hydrogens is 310 g/mol. The summed E-state index contributed by atoms with van der Waals surface area (Å²) in [5.41, 5.74) is 5.64. The molecule has 1 aromatic rings. The second-order valence-electron chi connectivity index (χ2n) is 4.05. The predicted octanol–water partition coefficient (Wildman–Crippen LogP) is 0.919. The second kappa shape index (κ2) is 10.7. The fourth-order valence-electron chi connectivity index (χ4n) is 1.59. The van der Waals surface area contributed by atoms with Gasteiger partial charge in [-0.1, -0.05) is 0 Å². The number of carbonyl (C=O) groups excluding carboxylic acids is 2. The number of hydrogen-bond donors (Lipinski definition) is 3. The standard InChI is InChI=1S/C14H21N3O4.ClH/c1-3-20-10-5-6-12(21-4-2)11(7-10)17-14(19)9-16-13(18)8-15;/h5-7H,3-4,8-9,15H2,1-2H3,(H,16,18)(H,17,19);1H. The highest BCUT2D eigenvalue weighted by Crippen LogP contribution is 2.29. The summed E-state index contributed by atoms with van der Waals surface area (Å²) in [5, 5.41) is 5.07. The minimum absolute atomic E-state index is 0. The van der Waals surface area contributed by atoms with E-state index in [9.17, 15) is 9.59 Å². The number of ether oxygens (including phenoxy) is 2. The van der Waals surface area contributed by atoms with Gasteiger partial charge in [-0.3, -0.25) is 9.59 Å². The van der Waals surface area contributed by atoms with Crippen LogP contribution in [0.25, 0.3) is 0 Å². The molecule has 0 aliphatic carbocycles. The van der Waals surface area contributed by atoms with E-state index < -0.39 is 5.91 Å². The molecule has 124 valence electrons. The topological polar surface area (TPSA) is 103 Å². The lowest BCUT2D eigenvalue weighted by atomic mass is 10.2. The van der Waals surface area contributed by atoms with E-state index in [4.69, 9.17) is 15.2 Å². The molecule has 0 spiro atoms. The summed E-state index contributed by atoms with van der Waals surface area (Å²) in [6.45, 7) is 4.41. The largest absolute Gasteiger partial charge is 0.494 e. The summed E-state index contributed by atoms with van der Waals surface area (Å²) in [6, 6.07) is 5.17. The summed E-state index contributed by atoms with van der Waals surface area (Å²) in [4.78, 5) is 22.8. The molecule has 0 saturated carbocycles. The molecule has 0 atom stereocenters. The van der Waals surface area contributed by atoms with Gasteiger partial charge in [0.1, 0.15) is 11.5 Å². The third-order valence-electron chi connectivity index (χ3n) is 2.47. The molecule has 0 aromatic heterocycles. The third-order valence-corrected chi connectivity index (χ3v) is 2.47. The summed E-state index contributed by atoms with van der Waals surface area (Å²) >= 11 is 0. The van der Waals surface area contributed by atoms with Crippen LogP contribution >= 0.6 is 12.4 Å². The van der Waals surface area contributed by atoms with E-state index in [2.05, 4.69) is 10.6 Å². The van der Waals surface area contributed by atoms with Crippen LogP contribution < -0.4 is 25.8 Å². The van der Waals surface area contributed by atoms with Gasteiger partial charge in [0.2, 0.25) is 11.8 Å². The highest BCUT2D eigenvalue weighted by molar-refractivity contribution is 5.96. The van der Waals surface area contributed by atoms with Crippen molar-refractivity contribution in [3.63, 3.8) is 0 Å².